The van der Waals surface area contributed by atoms with E-state index in [1.165, 1.54) is 25.7 Å². The molecule has 1 saturated carbocycles. The molecule has 0 atom stereocenters. The van der Waals surface area contributed by atoms with Gasteiger partial charge < -0.3 is 5.73 Å². The van der Waals surface area contributed by atoms with Gasteiger partial charge in [0, 0.05) is 13.0 Å². The van der Waals surface area contributed by atoms with Crippen LogP contribution in [-0.2, 0) is 13.0 Å². The molecule has 0 aliphatic heterocycles. The van der Waals surface area contributed by atoms with Gasteiger partial charge in [-0.3, -0.25) is 0 Å². The van der Waals surface area contributed by atoms with Crippen LogP contribution in [0.1, 0.15) is 37.9 Å². The van der Waals surface area contributed by atoms with Gasteiger partial charge in [0.2, 0.25) is 0 Å². The summed E-state index contributed by atoms with van der Waals surface area (Å²) >= 11 is 0. The molecule has 5 nitrogen and oxygen atoms in total. The van der Waals surface area contributed by atoms with E-state index in [9.17, 15) is 0 Å². The number of nitrogens with zero attached hydrogens (tertiary/aromatic N) is 4. The summed E-state index contributed by atoms with van der Waals surface area (Å²) in [5, 5.41) is 11.8. The molecule has 1 aromatic rings. The molecule has 1 aromatic heterocycles. The molecular weight excluding hydrogens is 190 g/mol. The van der Waals surface area contributed by atoms with Crippen molar-refractivity contribution in [1.82, 2.24) is 20.2 Å². The molecule has 1 heterocycles. The first-order valence-corrected chi connectivity index (χ1v) is 5.85. The van der Waals surface area contributed by atoms with Crippen molar-refractivity contribution in [3.8, 4) is 0 Å². The minimum absolute atomic E-state index is 0.705. The standard InChI is InChI=1S/C10H19N5/c11-7-3-6-10-12-13-14-15(10)8-9-4-1-2-5-9/h9H,1-8,11H2. The van der Waals surface area contributed by atoms with Crippen LogP contribution in [0, 0.1) is 5.92 Å². The van der Waals surface area contributed by atoms with Crippen molar-refractivity contribution in [1.29, 1.82) is 0 Å². The summed E-state index contributed by atoms with van der Waals surface area (Å²) in [6.07, 6.45) is 7.25. The van der Waals surface area contributed by atoms with E-state index < -0.39 is 0 Å². The number of hydrogen-bond acceptors (Lipinski definition) is 4. The van der Waals surface area contributed by atoms with Gasteiger partial charge in [0.15, 0.2) is 5.82 Å². The van der Waals surface area contributed by atoms with Crippen LogP contribution in [-0.4, -0.2) is 26.8 Å². The molecule has 0 unspecified atom stereocenters. The van der Waals surface area contributed by atoms with Crippen LogP contribution in [0.4, 0.5) is 0 Å². The van der Waals surface area contributed by atoms with E-state index in [-0.39, 0.29) is 0 Å². The van der Waals surface area contributed by atoms with Gasteiger partial charge >= 0.3 is 0 Å². The minimum Gasteiger partial charge on any atom is -0.330 e. The van der Waals surface area contributed by atoms with Gasteiger partial charge in [-0.1, -0.05) is 12.8 Å². The smallest absolute Gasteiger partial charge is 0.151 e. The molecule has 1 fully saturated rings. The van der Waals surface area contributed by atoms with Crippen LogP contribution in [0.3, 0.4) is 0 Å². The fourth-order valence-electron chi connectivity index (χ4n) is 2.24. The van der Waals surface area contributed by atoms with E-state index in [2.05, 4.69) is 15.5 Å². The predicted octanol–water partition coefficient (Wildman–Crippen LogP) is 0.755. The quantitative estimate of drug-likeness (QED) is 0.777. The third-order valence-electron chi connectivity index (χ3n) is 3.12. The Kier molecular flexibility index (Phi) is 3.66. The number of nitrogens with two attached hydrogens (primary N) is 1. The lowest BCUT2D eigenvalue weighted by atomic mass is 10.1. The molecule has 2 N–H and O–H groups in total. The van der Waals surface area contributed by atoms with Gasteiger partial charge in [-0.15, -0.1) is 5.10 Å². The first kappa shape index (κ1) is 10.5. The SMILES string of the molecule is NCCCc1nnnn1CC1CCCC1. The van der Waals surface area contributed by atoms with Gasteiger partial charge in [-0.05, 0) is 42.2 Å². The molecule has 0 bridgehead atoms. The number of rotatable bonds is 5. The zero-order valence-electron chi connectivity index (χ0n) is 9.10. The average molecular weight is 209 g/mol. The zero-order valence-corrected chi connectivity index (χ0v) is 9.10. The van der Waals surface area contributed by atoms with E-state index in [0.717, 1.165) is 31.1 Å². The summed E-state index contributed by atoms with van der Waals surface area (Å²) in [5.41, 5.74) is 5.48. The fourth-order valence-corrected chi connectivity index (χ4v) is 2.24. The summed E-state index contributed by atoms with van der Waals surface area (Å²) in [6, 6.07) is 0. The average Bonchev–Trinajstić information content (AvgIpc) is 2.87. The van der Waals surface area contributed by atoms with Gasteiger partial charge in [0.25, 0.3) is 0 Å². The Morgan fingerprint density at radius 1 is 1.33 bits per heavy atom. The predicted molar refractivity (Wildman–Crippen MR) is 57.2 cm³/mol. The third kappa shape index (κ3) is 2.75. The molecular formula is C10H19N5. The van der Waals surface area contributed by atoms with Gasteiger partial charge in [0.1, 0.15) is 0 Å². The third-order valence-corrected chi connectivity index (χ3v) is 3.12. The largest absolute Gasteiger partial charge is 0.330 e. The van der Waals surface area contributed by atoms with Gasteiger partial charge in [0.05, 0.1) is 0 Å². The number of tetrazole rings is 1. The van der Waals surface area contributed by atoms with Gasteiger partial charge in [-0.2, -0.15) is 0 Å². The topological polar surface area (TPSA) is 69.6 Å². The Balaban J connectivity index is 1.91. The second-order valence-corrected chi connectivity index (χ2v) is 4.32. The van der Waals surface area contributed by atoms with Crippen LogP contribution in [0.5, 0.6) is 0 Å². The highest BCUT2D eigenvalue weighted by atomic mass is 15.5. The van der Waals surface area contributed by atoms with Crippen LogP contribution in [0.25, 0.3) is 0 Å². The maximum absolute atomic E-state index is 5.48. The Hall–Kier alpha value is -0.970. The lowest BCUT2D eigenvalue weighted by Crippen LogP contribution is -2.13. The highest BCUT2D eigenvalue weighted by Crippen LogP contribution is 2.26. The first-order chi connectivity index (χ1) is 7.40. The zero-order chi connectivity index (χ0) is 10.5. The first-order valence-electron chi connectivity index (χ1n) is 5.85. The summed E-state index contributed by atoms with van der Waals surface area (Å²) in [7, 11) is 0. The summed E-state index contributed by atoms with van der Waals surface area (Å²) in [5.74, 6) is 1.78. The van der Waals surface area contributed by atoms with Crippen LogP contribution in [0.15, 0.2) is 0 Å². The molecule has 15 heavy (non-hydrogen) atoms. The van der Waals surface area contributed by atoms with E-state index in [0.29, 0.717) is 6.54 Å². The van der Waals surface area contributed by atoms with E-state index in [4.69, 9.17) is 5.73 Å². The van der Waals surface area contributed by atoms with Crippen LogP contribution >= 0.6 is 0 Å². The second kappa shape index (κ2) is 5.21. The molecule has 0 saturated heterocycles. The maximum Gasteiger partial charge on any atom is 0.151 e. The molecule has 2 rings (SSSR count). The Morgan fingerprint density at radius 2 is 2.13 bits per heavy atom. The molecule has 84 valence electrons. The molecule has 1 aliphatic carbocycles. The number of aryl methyl sites for hydroxylation is 1. The van der Waals surface area contributed by atoms with Crippen LogP contribution in [0.2, 0.25) is 0 Å². The number of hydrogen-bond donors (Lipinski definition) is 1. The van der Waals surface area contributed by atoms with Crippen molar-refractivity contribution in [2.75, 3.05) is 6.54 Å². The molecule has 0 radical (unpaired) electrons. The van der Waals surface area contributed by atoms with Crippen molar-refractivity contribution in [2.24, 2.45) is 11.7 Å². The lowest BCUT2D eigenvalue weighted by Gasteiger charge is -2.09. The second-order valence-electron chi connectivity index (χ2n) is 4.32. The number of aromatic nitrogens is 4. The molecule has 0 spiro atoms. The molecule has 5 heteroatoms. The van der Waals surface area contributed by atoms with Crippen LogP contribution < -0.4 is 5.73 Å². The van der Waals surface area contributed by atoms with Gasteiger partial charge in [-0.25, -0.2) is 4.68 Å². The van der Waals surface area contributed by atoms with Crippen molar-refractivity contribution in [3.63, 3.8) is 0 Å². The summed E-state index contributed by atoms with van der Waals surface area (Å²) in [4.78, 5) is 0. The fraction of sp³-hybridized carbons (Fsp3) is 0.900. The van der Waals surface area contributed by atoms with E-state index in [1.54, 1.807) is 0 Å². The van der Waals surface area contributed by atoms with Crippen molar-refractivity contribution >= 4 is 0 Å². The minimum atomic E-state index is 0.705. The Bertz CT molecular complexity index is 290. The molecule has 1 aliphatic rings. The molecule has 0 aromatic carbocycles. The normalized spacial score (nSPS) is 17.4. The van der Waals surface area contributed by atoms with Crippen molar-refractivity contribution in [2.45, 2.75) is 45.1 Å². The summed E-state index contributed by atoms with van der Waals surface area (Å²) < 4.78 is 1.96. The van der Waals surface area contributed by atoms with Crippen molar-refractivity contribution in [3.05, 3.63) is 5.82 Å². The summed E-state index contributed by atoms with van der Waals surface area (Å²) in [6.45, 7) is 1.70. The molecule has 0 amide bonds. The van der Waals surface area contributed by atoms with E-state index in [1.807, 2.05) is 4.68 Å². The highest BCUT2D eigenvalue weighted by Gasteiger charge is 2.17. The Morgan fingerprint density at radius 3 is 2.87 bits per heavy atom. The Labute approximate surface area is 90.0 Å². The van der Waals surface area contributed by atoms with Crippen molar-refractivity contribution < 1.29 is 0 Å². The maximum atomic E-state index is 5.48. The lowest BCUT2D eigenvalue weighted by molar-refractivity contribution is 0.410. The highest BCUT2D eigenvalue weighted by molar-refractivity contribution is 4.82. The monoisotopic (exact) mass is 209 g/mol. The van der Waals surface area contributed by atoms with E-state index >= 15 is 0 Å².